The Balaban J connectivity index is 2.78. The molecule has 0 aliphatic rings. The van der Waals surface area contributed by atoms with E-state index in [1.165, 1.54) is 15.6 Å². The Bertz CT molecular complexity index is 258. The Morgan fingerprint density at radius 2 is 2.17 bits per heavy atom. The SMILES string of the molecule is CCOCc1cccc(C)c1Br. The molecule has 0 saturated heterocycles. The lowest BCUT2D eigenvalue weighted by molar-refractivity contribution is 0.133. The van der Waals surface area contributed by atoms with E-state index >= 15 is 0 Å². The molecule has 0 fully saturated rings. The van der Waals surface area contributed by atoms with Crippen LogP contribution in [0.25, 0.3) is 0 Å². The van der Waals surface area contributed by atoms with Crippen molar-refractivity contribution in [3.63, 3.8) is 0 Å². The Morgan fingerprint density at radius 3 is 2.83 bits per heavy atom. The van der Waals surface area contributed by atoms with Crippen LogP contribution in [0.3, 0.4) is 0 Å². The minimum absolute atomic E-state index is 0.693. The van der Waals surface area contributed by atoms with Gasteiger partial charge in [-0.1, -0.05) is 34.1 Å². The predicted octanol–water partition coefficient (Wildman–Crippen LogP) is 3.29. The molecular weight excluding hydrogens is 216 g/mol. The summed E-state index contributed by atoms with van der Waals surface area (Å²) >= 11 is 3.53. The largest absolute Gasteiger partial charge is 0.377 e. The molecule has 12 heavy (non-hydrogen) atoms. The highest BCUT2D eigenvalue weighted by Crippen LogP contribution is 2.21. The highest BCUT2D eigenvalue weighted by atomic mass is 79.9. The van der Waals surface area contributed by atoms with Crippen LogP contribution in [-0.4, -0.2) is 6.61 Å². The van der Waals surface area contributed by atoms with Crippen LogP contribution < -0.4 is 0 Å². The summed E-state index contributed by atoms with van der Waals surface area (Å²) < 4.78 is 6.49. The molecule has 0 spiro atoms. The fourth-order valence-electron chi connectivity index (χ4n) is 1.03. The molecule has 0 aromatic heterocycles. The van der Waals surface area contributed by atoms with Crippen molar-refractivity contribution in [1.29, 1.82) is 0 Å². The molecule has 0 radical (unpaired) electrons. The second-order valence-electron chi connectivity index (χ2n) is 2.69. The second kappa shape index (κ2) is 4.63. The maximum Gasteiger partial charge on any atom is 0.0727 e. The first-order valence-corrected chi connectivity index (χ1v) is 4.86. The van der Waals surface area contributed by atoms with Gasteiger partial charge >= 0.3 is 0 Å². The number of hydrogen-bond acceptors (Lipinski definition) is 1. The van der Waals surface area contributed by atoms with Crippen molar-refractivity contribution in [3.8, 4) is 0 Å². The van der Waals surface area contributed by atoms with Crippen molar-refractivity contribution in [2.75, 3.05) is 6.61 Å². The third kappa shape index (κ3) is 2.32. The van der Waals surface area contributed by atoms with Crippen LogP contribution in [0.1, 0.15) is 18.1 Å². The van der Waals surface area contributed by atoms with E-state index in [1.807, 2.05) is 6.92 Å². The smallest absolute Gasteiger partial charge is 0.0727 e. The van der Waals surface area contributed by atoms with Gasteiger partial charge in [0, 0.05) is 11.1 Å². The van der Waals surface area contributed by atoms with Gasteiger partial charge in [0.1, 0.15) is 0 Å². The van der Waals surface area contributed by atoms with Gasteiger partial charge in [-0.2, -0.15) is 0 Å². The van der Waals surface area contributed by atoms with Crippen LogP contribution in [0.2, 0.25) is 0 Å². The van der Waals surface area contributed by atoms with Gasteiger partial charge in [-0.25, -0.2) is 0 Å². The van der Waals surface area contributed by atoms with Gasteiger partial charge < -0.3 is 4.74 Å². The average molecular weight is 229 g/mol. The molecule has 1 aromatic rings. The summed E-state index contributed by atoms with van der Waals surface area (Å²) in [5.41, 5.74) is 2.48. The third-order valence-corrected chi connectivity index (χ3v) is 2.87. The minimum atomic E-state index is 0.693. The van der Waals surface area contributed by atoms with Gasteiger partial charge in [-0.15, -0.1) is 0 Å². The molecule has 1 nitrogen and oxygen atoms in total. The fourth-order valence-corrected chi connectivity index (χ4v) is 1.41. The Hall–Kier alpha value is -0.340. The van der Waals surface area contributed by atoms with E-state index in [-0.39, 0.29) is 0 Å². The van der Waals surface area contributed by atoms with E-state index < -0.39 is 0 Å². The molecule has 1 aromatic carbocycles. The lowest BCUT2D eigenvalue weighted by Crippen LogP contribution is -1.93. The quantitative estimate of drug-likeness (QED) is 0.772. The molecule has 0 amide bonds. The topological polar surface area (TPSA) is 9.23 Å². The zero-order valence-electron chi connectivity index (χ0n) is 7.43. The molecule has 0 heterocycles. The molecule has 66 valence electrons. The molecule has 2 heteroatoms. The molecule has 0 atom stereocenters. The summed E-state index contributed by atoms with van der Waals surface area (Å²) in [6.07, 6.45) is 0. The van der Waals surface area contributed by atoms with Crippen molar-refractivity contribution in [2.45, 2.75) is 20.5 Å². The van der Waals surface area contributed by atoms with Crippen LogP contribution in [0.15, 0.2) is 22.7 Å². The normalized spacial score (nSPS) is 10.2. The summed E-state index contributed by atoms with van der Waals surface area (Å²) in [4.78, 5) is 0. The first-order valence-electron chi connectivity index (χ1n) is 4.07. The fraction of sp³-hybridized carbons (Fsp3) is 0.400. The Morgan fingerprint density at radius 1 is 1.42 bits per heavy atom. The number of ether oxygens (including phenoxy) is 1. The Labute approximate surface area is 81.9 Å². The van der Waals surface area contributed by atoms with Gasteiger partial charge in [0.15, 0.2) is 0 Å². The minimum Gasteiger partial charge on any atom is -0.377 e. The van der Waals surface area contributed by atoms with Gasteiger partial charge in [0.25, 0.3) is 0 Å². The second-order valence-corrected chi connectivity index (χ2v) is 3.48. The number of rotatable bonds is 3. The lowest BCUT2D eigenvalue weighted by atomic mass is 10.1. The van der Waals surface area contributed by atoms with Gasteiger partial charge in [-0.3, -0.25) is 0 Å². The maximum absolute atomic E-state index is 5.33. The molecule has 0 unspecified atom stereocenters. The van der Waals surface area contributed by atoms with Gasteiger partial charge in [-0.05, 0) is 25.0 Å². The molecule has 1 rings (SSSR count). The zero-order chi connectivity index (χ0) is 8.97. The molecule has 0 N–H and O–H groups in total. The van der Waals surface area contributed by atoms with Crippen molar-refractivity contribution in [2.24, 2.45) is 0 Å². The summed E-state index contributed by atoms with van der Waals surface area (Å²) in [5.74, 6) is 0. The highest BCUT2D eigenvalue weighted by Gasteiger charge is 2.00. The van der Waals surface area contributed by atoms with E-state index in [0.29, 0.717) is 6.61 Å². The van der Waals surface area contributed by atoms with Gasteiger partial charge in [0.05, 0.1) is 6.61 Å². The average Bonchev–Trinajstić information content (AvgIpc) is 2.08. The molecule has 0 aliphatic heterocycles. The first kappa shape index (κ1) is 9.75. The number of hydrogen-bond donors (Lipinski definition) is 0. The first-order chi connectivity index (χ1) is 5.75. The monoisotopic (exact) mass is 228 g/mol. The molecule has 0 bridgehead atoms. The van der Waals surface area contributed by atoms with E-state index in [9.17, 15) is 0 Å². The number of aryl methyl sites for hydroxylation is 1. The van der Waals surface area contributed by atoms with Crippen molar-refractivity contribution < 1.29 is 4.74 Å². The van der Waals surface area contributed by atoms with Crippen LogP contribution in [-0.2, 0) is 11.3 Å². The highest BCUT2D eigenvalue weighted by molar-refractivity contribution is 9.10. The summed E-state index contributed by atoms with van der Waals surface area (Å²) in [6.45, 7) is 5.54. The summed E-state index contributed by atoms with van der Waals surface area (Å²) in [6, 6.07) is 6.21. The molecule has 0 saturated carbocycles. The molecular formula is C10H13BrO. The van der Waals surface area contributed by atoms with Crippen molar-refractivity contribution in [1.82, 2.24) is 0 Å². The van der Waals surface area contributed by atoms with Crippen LogP contribution in [0.4, 0.5) is 0 Å². The van der Waals surface area contributed by atoms with E-state index in [1.54, 1.807) is 0 Å². The Kier molecular flexibility index (Phi) is 3.76. The maximum atomic E-state index is 5.33. The number of benzene rings is 1. The van der Waals surface area contributed by atoms with Crippen molar-refractivity contribution in [3.05, 3.63) is 33.8 Å². The lowest BCUT2D eigenvalue weighted by Gasteiger charge is -2.06. The van der Waals surface area contributed by atoms with E-state index in [4.69, 9.17) is 4.74 Å². The predicted molar refractivity (Wildman–Crippen MR) is 54.2 cm³/mol. The standard InChI is InChI=1S/C10H13BrO/c1-3-12-7-9-6-4-5-8(2)10(9)11/h4-6H,3,7H2,1-2H3. The summed E-state index contributed by atoms with van der Waals surface area (Å²) in [5, 5.41) is 0. The zero-order valence-corrected chi connectivity index (χ0v) is 9.02. The van der Waals surface area contributed by atoms with Gasteiger partial charge in [0.2, 0.25) is 0 Å². The third-order valence-electron chi connectivity index (χ3n) is 1.73. The van der Waals surface area contributed by atoms with E-state index in [0.717, 1.165) is 6.61 Å². The number of halogens is 1. The summed E-state index contributed by atoms with van der Waals surface area (Å²) in [7, 11) is 0. The van der Waals surface area contributed by atoms with Crippen LogP contribution in [0, 0.1) is 6.92 Å². The van der Waals surface area contributed by atoms with Crippen LogP contribution >= 0.6 is 15.9 Å². The molecule has 0 aliphatic carbocycles. The van der Waals surface area contributed by atoms with Crippen molar-refractivity contribution >= 4 is 15.9 Å². The van der Waals surface area contributed by atoms with E-state index in [2.05, 4.69) is 41.1 Å². The van der Waals surface area contributed by atoms with Crippen LogP contribution in [0.5, 0.6) is 0 Å².